The van der Waals surface area contributed by atoms with Crippen LogP contribution in [0.2, 0.25) is 0 Å². The molecule has 0 bridgehead atoms. The van der Waals surface area contributed by atoms with Crippen molar-refractivity contribution in [2.24, 2.45) is 0 Å². The molecule has 1 aliphatic heterocycles. The fraction of sp³-hybridized carbons (Fsp3) is 0.529. The third-order valence-corrected chi connectivity index (χ3v) is 3.82. The molecule has 1 aromatic carbocycles. The first-order valence-electron chi connectivity index (χ1n) is 7.61. The number of hydrogen-bond acceptors (Lipinski definition) is 3. The van der Waals surface area contributed by atoms with Gasteiger partial charge in [0.15, 0.2) is 0 Å². The molecule has 1 fully saturated rings. The van der Waals surface area contributed by atoms with Crippen molar-refractivity contribution < 1.29 is 14.3 Å². The zero-order valence-corrected chi connectivity index (χ0v) is 13.9. The first kappa shape index (κ1) is 16.5. The van der Waals surface area contributed by atoms with E-state index in [0.717, 1.165) is 22.4 Å². The van der Waals surface area contributed by atoms with Crippen molar-refractivity contribution in [3.8, 4) is 0 Å². The summed E-state index contributed by atoms with van der Waals surface area (Å²) in [7, 11) is 0. The van der Waals surface area contributed by atoms with Crippen LogP contribution in [0, 0.1) is 20.8 Å². The Morgan fingerprint density at radius 2 is 1.59 bits per heavy atom. The van der Waals surface area contributed by atoms with Crippen LogP contribution in [-0.4, -0.2) is 42.0 Å². The summed E-state index contributed by atoms with van der Waals surface area (Å²) in [6, 6.07) is 3.98. The first-order chi connectivity index (χ1) is 10.3. The average molecular weight is 304 g/mol. The van der Waals surface area contributed by atoms with Gasteiger partial charge in [-0.2, -0.15) is 0 Å². The van der Waals surface area contributed by atoms with Crippen LogP contribution in [0.1, 0.15) is 30.5 Å². The molecule has 0 saturated carbocycles. The van der Waals surface area contributed by atoms with Gasteiger partial charge in [-0.05, 0) is 45.7 Å². The highest BCUT2D eigenvalue weighted by Crippen LogP contribution is 2.22. The monoisotopic (exact) mass is 304 g/mol. The van der Waals surface area contributed by atoms with Gasteiger partial charge in [0.25, 0.3) is 0 Å². The number of benzene rings is 1. The molecule has 0 aliphatic carbocycles. The van der Waals surface area contributed by atoms with E-state index in [-0.39, 0.29) is 12.2 Å². The lowest BCUT2D eigenvalue weighted by molar-refractivity contribution is -0.151. The van der Waals surface area contributed by atoms with Crippen molar-refractivity contribution in [1.82, 2.24) is 4.90 Å². The number of morpholine rings is 1. The number of nitrogens with zero attached hydrogens (tertiary/aromatic N) is 1. The third-order valence-electron chi connectivity index (χ3n) is 3.82. The van der Waals surface area contributed by atoms with Crippen LogP contribution in [0.3, 0.4) is 0 Å². The molecule has 22 heavy (non-hydrogen) atoms. The average Bonchev–Trinajstić information content (AvgIpc) is 2.40. The molecule has 2 amide bonds. The minimum atomic E-state index is -0.587. The molecule has 1 saturated heterocycles. The van der Waals surface area contributed by atoms with Gasteiger partial charge >= 0.3 is 11.8 Å². The van der Waals surface area contributed by atoms with Gasteiger partial charge in [0.2, 0.25) is 0 Å². The second-order valence-electron chi connectivity index (χ2n) is 6.20. The Labute approximate surface area is 131 Å². The summed E-state index contributed by atoms with van der Waals surface area (Å²) < 4.78 is 5.59. The number of ether oxygens (including phenoxy) is 1. The maximum Gasteiger partial charge on any atom is 0.313 e. The largest absolute Gasteiger partial charge is 0.372 e. The topological polar surface area (TPSA) is 58.6 Å². The normalized spacial score (nSPS) is 21.6. The predicted octanol–water partition coefficient (Wildman–Crippen LogP) is 2.19. The van der Waals surface area contributed by atoms with Crippen LogP contribution in [0.25, 0.3) is 0 Å². The first-order valence-corrected chi connectivity index (χ1v) is 7.61. The second kappa shape index (κ2) is 6.48. The van der Waals surface area contributed by atoms with Crippen molar-refractivity contribution in [1.29, 1.82) is 0 Å². The van der Waals surface area contributed by atoms with Crippen molar-refractivity contribution in [2.45, 2.75) is 46.8 Å². The van der Waals surface area contributed by atoms with E-state index < -0.39 is 11.8 Å². The van der Waals surface area contributed by atoms with E-state index in [2.05, 4.69) is 5.32 Å². The zero-order chi connectivity index (χ0) is 16.4. The van der Waals surface area contributed by atoms with E-state index in [1.54, 1.807) is 4.90 Å². The van der Waals surface area contributed by atoms with Crippen LogP contribution < -0.4 is 5.32 Å². The van der Waals surface area contributed by atoms with E-state index >= 15 is 0 Å². The third kappa shape index (κ3) is 3.65. The quantitative estimate of drug-likeness (QED) is 0.809. The van der Waals surface area contributed by atoms with Gasteiger partial charge in [-0.3, -0.25) is 9.59 Å². The molecule has 0 spiro atoms. The molecule has 1 heterocycles. The Balaban J connectivity index is 2.11. The molecule has 2 unspecified atom stereocenters. The zero-order valence-electron chi connectivity index (χ0n) is 13.9. The highest BCUT2D eigenvalue weighted by Gasteiger charge is 2.30. The summed E-state index contributed by atoms with van der Waals surface area (Å²) in [6.07, 6.45) is -0.105. The maximum atomic E-state index is 12.3. The summed E-state index contributed by atoms with van der Waals surface area (Å²) in [5, 5.41) is 2.76. The number of carbonyl (C=O) groups excluding carboxylic acids is 2. The van der Waals surface area contributed by atoms with Crippen molar-refractivity contribution in [2.75, 3.05) is 18.4 Å². The molecule has 5 heteroatoms. The molecule has 120 valence electrons. The SMILES string of the molecule is Cc1cc(C)c(NC(=O)C(=O)N2CC(C)OC(C)C2)c(C)c1. The van der Waals surface area contributed by atoms with Crippen molar-refractivity contribution in [3.05, 3.63) is 28.8 Å². The summed E-state index contributed by atoms with van der Waals surface area (Å²) in [5.74, 6) is -1.09. The van der Waals surface area contributed by atoms with Gasteiger partial charge in [0, 0.05) is 18.8 Å². The number of amides is 2. The van der Waals surface area contributed by atoms with Gasteiger partial charge < -0.3 is 15.0 Å². The summed E-state index contributed by atoms with van der Waals surface area (Å²) in [4.78, 5) is 26.2. The lowest BCUT2D eigenvalue weighted by atomic mass is 10.1. The molecule has 0 aromatic heterocycles. The van der Waals surface area contributed by atoms with E-state index in [1.165, 1.54) is 0 Å². The second-order valence-corrected chi connectivity index (χ2v) is 6.20. The smallest absolute Gasteiger partial charge is 0.313 e. The van der Waals surface area contributed by atoms with E-state index in [9.17, 15) is 9.59 Å². The standard InChI is InChI=1S/C17H24N2O3/c1-10-6-11(2)15(12(3)7-10)18-16(20)17(21)19-8-13(4)22-14(5)9-19/h6-7,13-14H,8-9H2,1-5H3,(H,18,20). The molecule has 1 aliphatic rings. The van der Waals surface area contributed by atoms with E-state index in [0.29, 0.717) is 13.1 Å². The van der Waals surface area contributed by atoms with Gasteiger partial charge in [0.1, 0.15) is 0 Å². The van der Waals surface area contributed by atoms with Crippen LogP contribution in [0.5, 0.6) is 0 Å². The van der Waals surface area contributed by atoms with Crippen LogP contribution in [0.15, 0.2) is 12.1 Å². The Morgan fingerprint density at radius 1 is 1.09 bits per heavy atom. The van der Waals surface area contributed by atoms with E-state index in [1.807, 2.05) is 46.8 Å². The van der Waals surface area contributed by atoms with Gasteiger partial charge in [0.05, 0.1) is 12.2 Å². The molecular formula is C17H24N2O3. The maximum absolute atomic E-state index is 12.3. The number of nitrogens with one attached hydrogen (secondary N) is 1. The molecule has 1 N–H and O–H groups in total. The Morgan fingerprint density at radius 3 is 2.09 bits per heavy atom. The van der Waals surface area contributed by atoms with Gasteiger partial charge in [-0.1, -0.05) is 17.7 Å². The molecule has 2 atom stereocenters. The Hall–Kier alpha value is -1.88. The number of carbonyl (C=O) groups is 2. The number of anilines is 1. The summed E-state index contributed by atoms with van der Waals surface area (Å²) in [5.41, 5.74) is 3.78. The number of aryl methyl sites for hydroxylation is 3. The van der Waals surface area contributed by atoms with Crippen molar-refractivity contribution >= 4 is 17.5 Å². The summed E-state index contributed by atoms with van der Waals surface area (Å²) in [6.45, 7) is 10.6. The van der Waals surface area contributed by atoms with E-state index in [4.69, 9.17) is 4.74 Å². The lowest BCUT2D eigenvalue weighted by Crippen LogP contribution is -2.51. The number of rotatable bonds is 1. The fourth-order valence-electron chi connectivity index (χ4n) is 3.03. The predicted molar refractivity (Wildman–Crippen MR) is 85.9 cm³/mol. The van der Waals surface area contributed by atoms with Crippen LogP contribution in [-0.2, 0) is 14.3 Å². The molecule has 2 rings (SSSR count). The van der Waals surface area contributed by atoms with Gasteiger partial charge in [-0.15, -0.1) is 0 Å². The Kier molecular flexibility index (Phi) is 4.86. The minimum absolute atomic E-state index is 0.0525. The molecule has 1 aromatic rings. The lowest BCUT2D eigenvalue weighted by Gasteiger charge is -2.34. The Bertz CT molecular complexity index is 565. The molecule has 5 nitrogen and oxygen atoms in total. The minimum Gasteiger partial charge on any atom is -0.372 e. The highest BCUT2D eigenvalue weighted by molar-refractivity contribution is 6.39. The van der Waals surface area contributed by atoms with Crippen LogP contribution >= 0.6 is 0 Å². The highest BCUT2D eigenvalue weighted by atomic mass is 16.5. The molecular weight excluding hydrogens is 280 g/mol. The summed E-state index contributed by atoms with van der Waals surface area (Å²) >= 11 is 0. The van der Waals surface area contributed by atoms with Crippen LogP contribution in [0.4, 0.5) is 5.69 Å². The fourth-order valence-corrected chi connectivity index (χ4v) is 3.03. The van der Waals surface area contributed by atoms with Gasteiger partial charge in [-0.25, -0.2) is 0 Å². The van der Waals surface area contributed by atoms with Crippen molar-refractivity contribution in [3.63, 3.8) is 0 Å². The number of hydrogen-bond donors (Lipinski definition) is 1. The molecule has 0 radical (unpaired) electrons.